The van der Waals surface area contributed by atoms with Gasteiger partial charge in [-0.2, -0.15) is 0 Å². The number of halogens is 2. The molecule has 0 aromatic heterocycles. The lowest BCUT2D eigenvalue weighted by molar-refractivity contribution is -0.134. The molecule has 2 aromatic carbocycles. The van der Waals surface area contributed by atoms with Crippen LogP contribution in [0.5, 0.6) is 0 Å². The number of hydrogen-bond acceptors (Lipinski definition) is 3. The summed E-state index contributed by atoms with van der Waals surface area (Å²) in [6.07, 6.45) is 0.262. The van der Waals surface area contributed by atoms with Crippen LogP contribution in [0.1, 0.15) is 18.9 Å². The Morgan fingerprint density at radius 2 is 1.78 bits per heavy atom. The van der Waals surface area contributed by atoms with Crippen molar-refractivity contribution in [2.45, 2.75) is 18.9 Å². The molecule has 3 rings (SSSR count). The number of rotatable bonds is 5. The molecule has 2 aromatic rings. The van der Waals surface area contributed by atoms with Crippen molar-refractivity contribution in [1.82, 2.24) is 10.2 Å². The first kappa shape index (κ1) is 18.8. The second kappa shape index (κ2) is 7.36. The van der Waals surface area contributed by atoms with E-state index < -0.39 is 35.7 Å². The molecule has 1 fully saturated rings. The summed E-state index contributed by atoms with van der Waals surface area (Å²) in [5, 5.41) is 5.78. The molecule has 8 heteroatoms. The number of amides is 4. The number of hydrogen-bond donors (Lipinski definition) is 2. The fraction of sp³-hybridized carbons (Fsp3) is 0.211. The molecule has 1 aliphatic rings. The molecule has 2 N–H and O–H groups in total. The molecule has 0 bridgehead atoms. The van der Waals surface area contributed by atoms with Gasteiger partial charge in [-0.15, -0.1) is 0 Å². The van der Waals surface area contributed by atoms with Crippen molar-refractivity contribution < 1.29 is 18.8 Å². The highest BCUT2D eigenvalue weighted by Gasteiger charge is 2.51. The first-order chi connectivity index (χ1) is 12.9. The van der Waals surface area contributed by atoms with Gasteiger partial charge in [-0.3, -0.25) is 14.5 Å². The molecule has 1 unspecified atom stereocenters. The Bertz CT molecular complexity index is 886. The maximum Gasteiger partial charge on any atom is 0.325 e. The molecule has 4 amide bonds. The van der Waals surface area contributed by atoms with Crippen LogP contribution in [0.3, 0.4) is 0 Å². The lowest BCUT2D eigenvalue weighted by atomic mass is 9.87. The number of carbonyl (C=O) groups excluding carboxylic acids is 3. The number of nitrogens with one attached hydrogen (secondary N) is 2. The van der Waals surface area contributed by atoms with E-state index >= 15 is 0 Å². The van der Waals surface area contributed by atoms with Crippen molar-refractivity contribution in [1.29, 1.82) is 0 Å². The normalized spacial score (nSPS) is 19.1. The lowest BCUT2D eigenvalue weighted by Gasteiger charge is -2.25. The number of imide groups is 1. The summed E-state index contributed by atoms with van der Waals surface area (Å²) in [4.78, 5) is 38.4. The van der Waals surface area contributed by atoms with Crippen molar-refractivity contribution in [2.24, 2.45) is 0 Å². The molecular weight excluding hydrogens is 373 g/mol. The summed E-state index contributed by atoms with van der Waals surface area (Å²) < 4.78 is 13.2. The third kappa shape index (κ3) is 3.64. The summed E-state index contributed by atoms with van der Waals surface area (Å²) in [5.41, 5.74) is -0.354. The van der Waals surface area contributed by atoms with Crippen LogP contribution >= 0.6 is 11.6 Å². The monoisotopic (exact) mass is 389 g/mol. The van der Waals surface area contributed by atoms with Crippen LogP contribution in [0.15, 0.2) is 48.5 Å². The molecule has 0 aliphatic carbocycles. The van der Waals surface area contributed by atoms with Crippen molar-refractivity contribution >= 4 is 35.1 Å². The van der Waals surface area contributed by atoms with Crippen LogP contribution in [0.2, 0.25) is 5.02 Å². The Labute approximate surface area is 160 Å². The summed E-state index contributed by atoms with van der Waals surface area (Å²) in [7, 11) is 0. The van der Waals surface area contributed by atoms with Crippen molar-refractivity contribution in [3.8, 4) is 0 Å². The van der Waals surface area contributed by atoms with Gasteiger partial charge in [-0.05, 0) is 48.4 Å². The summed E-state index contributed by atoms with van der Waals surface area (Å²) in [6, 6.07) is 11.1. The van der Waals surface area contributed by atoms with Crippen LogP contribution in [-0.4, -0.2) is 29.3 Å². The highest BCUT2D eigenvalue weighted by atomic mass is 35.5. The SMILES string of the molecule is CCC1(c2ccc(F)cc2)NC(=O)N(CC(=O)Nc2ccc(Cl)cc2)C1=O. The zero-order valence-corrected chi connectivity index (χ0v) is 15.2. The molecule has 140 valence electrons. The van der Waals surface area contributed by atoms with Crippen molar-refractivity contribution in [3.05, 3.63) is 64.9 Å². The fourth-order valence-corrected chi connectivity index (χ4v) is 3.15. The largest absolute Gasteiger partial charge is 0.325 e. The van der Waals surface area contributed by atoms with Gasteiger partial charge in [0, 0.05) is 10.7 Å². The molecule has 1 heterocycles. The van der Waals surface area contributed by atoms with Crippen molar-refractivity contribution in [3.63, 3.8) is 0 Å². The predicted octanol–water partition coefficient (Wildman–Crippen LogP) is 3.27. The molecule has 1 aliphatic heterocycles. The molecule has 0 radical (unpaired) electrons. The second-order valence-corrected chi connectivity index (χ2v) is 6.58. The van der Waals surface area contributed by atoms with Crippen LogP contribution in [-0.2, 0) is 15.1 Å². The van der Waals surface area contributed by atoms with Crippen molar-refractivity contribution in [2.75, 3.05) is 11.9 Å². The summed E-state index contributed by atoms with van der Waals surface area (Å²) in [5.74, 6) is -1.51. The average Bonchev–Trinajstić information content (AvgIpc) is 2.89. The molecule has 1 saturated heterocycles. The van der Waals surface area contributed by atoms with Gasteiger partial charge in [0.25, 0.3) is 5.91 Å². The number of anilines is 1. The Morgan fingerprint density at radius 1 is 1.15 bits per heavy atom. The highest BCUT2D eigenvalue weighted by molar-refractivity contribution is 6.30. The minimum absolute atomic E-state index is 0.262. The molecule has 0 spiro atoms. The third-order valence-corrected chi connectivity index (χ3v) is 4.72. The number of carbonyl (C=O) groups is 3. The van der Waals surface area contributed by atoms with E-state index in [9.17, 15) is 18.8 Å². The molecular formula is C19H17ClFN3O3. The Hall–Kier alpha value is -2.93. The minimum Gasteiger partial charge on any atom is -0.325 e. The van der Waals surface area contributed by atoms with E-state index in [2.05, 4.69) is 10.6 Å². The van der Waals surface area contributed by atoms with Gasteiger partial charge in [0.2, 0.25) is 5.91 Å². The van der Waals surface area contributed by atoms with E-state index in [-0.39, 0.29) is 6.42 Å². The van der Waals surface area contributed by atoms with Gasteiger partial charge in [0.05, 0.1) is 0 Å². The Kier molecular flexibility index (Phi) is 5.14. The quantitative estimate of drug-likeness (QED) is 0.770. The van der Waals surface area contributed by atoms with E-state index in [4.69, 9.17) is 11.6 Å². The van der Waals surface area contributed by atoms with Gasteiger partial charge in [0.1, 0.15) is 17.9 Å². The standard InChI is InChI=1S/C19H17ClFN3O3/c1-2-19(12-3-7-14(21)8-4-12)17(26)24(18(27)23-19)11-16(25)22-15-9-5-13(20)6-10-15/h3-10H,2,11H2,1H3,(H,22,25)(H,23,27). The van der Waals surface area contributed by atoms with Crippen LogP contribution < -0.4 is 10.6 Å². The number of nitrogens with zero attached hydrogens (tertiary/aromatic N) is 1. The fourth-order valence-electron chi connectivity index (χ4n) is 3.02. The number of benzene rings is 2. The maximum atomic E-state index is 13.2. The second-order valence-electron chi connectivity index (χ2n) is 6.14. The van der Waals surface area contributed by atoms with Crippen LogP contribution in [0.4, 0.5) is 14.9 Å². The Morgan fingerprint density at radius 3 is 2.37 bits per heavy atom. The number of urea groups is 1. The summed E-state index contributed by atoms with van der Waals surface area (Å²) in [6.45, 7) is 1.30. The van der Waals surface area contributed by atoms with Gasteiger partial charge in [-0.25, -0.2) is 9.18 Å². The smallest absolute Gasteiger partial charge is 0.325 e. The van der Waals surface area contributed by atoms with E-state index in [0.717, 1.165) is 4.90 Å². The Balaban J connectivity index is 1.77. The predicted molar refractivity (Wildman–Crippen MR) is 98.7 cm³/mol. The first-order valence-electron chi connectivity index (χ1n) is 8.31. The van der Waals surface area contributed by atoms with Crippen LogP contribution in [0, 0.1) is 5.82 Å². The minimum atomic E-state index is -1.31. The van der Waals surface area contributed by atoms with E-state index in [1.807, 2.05) is 0 Å². The lowest BCUT2D eigenvalue weighted by Crippen LogP contribution is -2.44. The third-order valence-electron chi connectivity index (χ3n) is 4.47. The maximum absolute atomic E-state index is 13.2. The van der Waals surface area contributed by atoms with E-state index in [0.29, 0.717) is 16.3 Å². The molecule has 1 atom stereocenters. The highest BCUT2D eigenvalue weighted by Crippen LogP contribution is 2.32. The van der Waals surface area contributed by atoms with Gasteiger partial charge in [-0.1, -0.05) is 30.7 Å². The first-order valence-corrected chi connectivity index (χ1v) is 8.69. The van der Waals surface area contributed by atoms with Gasteiger partial charge in [0.15, 0.2) is 0 Å². The zero-order valence-electron chi connectivity index (χ0n) is 14.5. The average molecular weight is 390 g/mol. The van der Waals surface area contributed by atoms with E-state index in [1.54, 1.807) is 31.2 Å². The molecule has 0 saturated carbocycles. The van der Waals surface area contributed by atoms with Crippen LogP contribution in [0.25, 0.3) is 0 Å². The van der Waals surface area contributed by atoms with E-state index in [1.165, 1.54) is 24.3 Å². The van der Waals surface area contributed by atoms with Gasteiger partial charge < -0.3 is 10.6 Å². The van der Waals surface area contributed by atoms with Gasteiger partial charge >= 0.3 is 6.03 Å². The molecule has 27 heavy (non-hydrogen) atoms. The topological polar surface area (TPSA) is 78.5 Å². The summed E-state index contributed by atoms with van der Waals surface area (Å²) >= 11 is 5.80. The zero-order chi connectivity index (χ0) is 19.6. The molecule has 6 nitrogen and oxygen atoms in total.